The molecule has 0 spiro atoms. The van der Waals surface area contributed by atoms with Gasteiger partial charge in [-0.2, -0.15) is 4.31 Å². The molecular formula is C20H22N6O4S. The number of aromatic nitrogens is 2. The van der Waals surface area contributed by atoms with Crippen molar-refractivity contribution >= 4 is 38.7 Å². The van der Waals surface area contributed by atoms with Crippen molar-refractivity contribution in [3.63, 3.8) is 0 Å². The van der Waals surface area contributed by atoms with Gasteiger partial charge in [0.05, 0.1) is 9.82 Å². The Morgan fingerprint density at radius 1 is 0.903 bits per heavy atom. The quantitative estimate of drug-likeness (QED) is 0.377. The van der Waals surface area contributed by atoms with Gasteiger partial charge >= 0.3 is 5.69 Å². The number of rotatable bonds is 9. The normalized spacial score (nSPS) is 11.3. The number of anilines is 4. The zero-order valence-electron chi connectivity index (χ0n) is 17.0. The molecule has 0 saturated carbocycles. The largest absolute Gasteiger partial charge is 0.353 e. The van der Waals surface area contributed by atoms with Crippen LogP contribution in [0.5, 0.6) is 0 Å². The van der Waals surface area contributed by atoms with Gasteiger partial charge in [0.1, 0.15) is 6.33 Å². The van der Waals surface area contributed by atoms with E-state index >= 15 is 0 Å². The molecule has 31 heavy (non-hydrogen) atoms. The first-order valence-electron chi connectivity index (χ1n) is 9.55. The van der Waals surface area contributed by atoms with Crippen molar-refractivity contribution in [1.82, 2.24) is 14.3 Å². The van der Waals surface area contributed by atoms with Crippen LogP contribution in [0.25, 0.3) is 0 Å². The molecule has 0 aliphatic heterocycles. The molecule has 0 bridgehead atoms. The third kappa shape index (κ3) is 4.95. The van der Waals surface area contributed by atoms with Gasteiger partial charge in [-0.1, -0.05) is 32.0 Å². The van der Waals surface area contributed by atoms with Gasteiger partial charge in [0.15, 0.2) is 0 Å². The zero-order valence-corrected chi connectivity index (χ0v) is 17.8. The Balaban J connectivity index is 1.89. The van der Waals surface area contributed by atoms with Gasteiger partial charge in [0.25, 0.3) is 0 Å². The molecule has 0 unspecified atom stereocenters. The van der Waals surface area contributed by atoms with Crippen molar-refractivity contribution < 1.29 is 13.3 Å². The number of nitro groups is 1. The summed E-state index contributed by atoms with van der Waals surface area (Å²) in [6.07, 6.45) is 1.21. The third-order valence-electron chi connectivity index (χ3n) is 4.50. The smallest absolute Gasteiger partial charge is 0.334 e. The van der Waals surface area contributed by atoms with Crippen molar-refractivity contribution in [3.8, 4) is 0 Å². The van der Waals surface area contributed by atoms with Crippen molar-refractivity contribution in [2.24, 2.45) is 0 Å². The second-order valence-corrected chi connectivity index (χ2v) is 8.34. The van der Waals surface area contributed by atoms with E-state index in [4.69, 9.17) is 0 Å². The summed E-state index contributed by atoms with van der Waals surface area (Å²) in [6.45, 7) is 4.27. The highest BCUT2D eigenvalue weighted by Gasteiger charge is 2.24. The summed E-state index contributed by atoms with van der Waals surface area (Å²) in [5, 5.41) is 17.5. The second-order valence-electron chi connectivity index (χ2n) is 6.41. The molecule has 0 fully saturated rings. The first kappa shape index (κ1) is 22.1. The molecule has 3 aromatic rings. The molecule has 2 aromatic carbocycles. The molecule has 1 aromatic heterocycles. The standard InChI is InChI=1S/C20H22N6O4S/c1-3-25(4-2)31(29,30)17-12-10-16(11-13-17)24-20-18(26(27)28)19(21-14-22-20)23-15-8-6-5-7-9-15/h5-14H,3-4H2,1-2H3,(H2,21,22,23,24). The zero-order chi connectivity index (χ0) is 22.4. The van der Waals surface area contributed by atoms with Crippen LogP contribution in [-0.4, -0.2) is 40.7 Å². The maximum absolute atomic E-state index is 12.6. The molecule has 162 valence electrons. The molecule has 11 heteroatoms. The minimum atomic E-state index is -3.59. The van der Waals surface area contributed by atoms with Crippen LogP contribution in [0.1, 0.15) is 13.8 Å². The Bertz CT molecular complexity index is 1150. The van der Waals surface area contributed by atoms with E-state index < -0.39 is 14.9 Å². The molecule has 0 saturated heterocycles. The average molecular weight is 443 g/mol. The molecule has 0 radical (unpaired) electrons. The van der Waals surface area contributed by atoms with Gasteiger partial charge in [0.2, 0.25) is 21.7 Å². The van der Waals surface area contributed by atoms with E-state index in [1.165, 1.54) is 34.9 Å². The fraction of sp³-hybridized carbons (Fsp3) is 0.200. The molecule has 2 N–H and O–H groups in total. The lowest BCUT2D eigenvalue weighted by molar-refractivity contribution is -0.383. The molecule has 1 heterocycles. The third-order valence-corrected chi connectivity index (χ3v) is 6.57. The summed E-state index contributed by atoms with van der Waals surface area (Å²) < 4.78 is 26.6. The fourth-order valence-electron chi connectivity index (χ4n) is 2.95. The number of hydrogen-bond donors (Lipinski definition) is 2. The summed E-state index contributed by atoms with van der Waals surface area (Å²) in [4.78, 5) is 19.3. The van der Waals surface area contributed by atoms with Crippen LogP contribution in [0.3, 0.4) is 0 Å². The average Bonchev–Trinajstić information content (AvgIpc) is 2.75. The van der Waals surface area contributed by atoms with Gasteiger partial charge < -0.3 is 10.6 Å². The Hall–Kier alpha value is -3.57. The Kier molecular flexibility index (Phi) is 6.78. The van der Waals surface area contributed by atoms with E-state index in [2.05, 4.69) is 20.6 Å². The maximum Gasteiger partial charge on any atom is 0.353 e. The summed E-state index contributed by atoms with van der Waals surface area (Å²) in [7, 11) is -3.59. The van der Waals surface area contributed by atoms with Gasteiger partial charge in [0, 0.05) is 24.5 Å². The summed E-state index contributed by atoms with van der Waals surface area (Å²) in [6, 6.07) is 14.9. The van der Waals surface area contributed by atoms with Crippen molar-refractivity contribution in [2.45, 2.75) is 18.7 Å². The van der Waals surface area contributed by atoms with Crippen LogP contribution in [-0.2, 0) is 10.0 Å². The van der Waals surface area contributed by atoms with Gasteiger partial charge in [-0.25, -0.2) is 18.4 Å². The molecule has 3 rings (SSSR count). The van der Waals surface area contributed by atoms with Gasteiger partial charge in [-0.05, 0) is 36.4 Å². The van der Waals surface area contributed by atoms with Crippen molar-refractivity contribution in [1.29, 1.82) is 0 Å². The predicted octanol–water partition coefficient (Wildman–Crippen LogP) is 3.90. The SMILES string of the molecule is CCN(CC)S(=O)(=O)c1ccc(Nc2ncnc(Nc3ccccc3)c2[N+](=O)[O-])cc1. The van der Waals surface area contributed by atoms with Crippen LogP contribution >= 0.6 is 0 Å². The number of nitrogens with zero attached hydrogens (tertiary/aromatic N) is 4. The molecule has 0 amide bonds. The lowest BCUT2D eigenvalue weighted by Gasteiger charge is -2.18. The van der Waals surface area contributed by atoms with E-state index in [1.54, 1.807) is 38.1 Å². The van der Waals surface area contributed by atoms with E-state index in [1.807, 2.05) is 6.07 Å². The predicted molar refractivity (Wildman–Crippen MR) is 118 cm³/mol. The fourth-order valence-corrected chi connectivity index (χ4v) is 4.41. The van der Waals surface area contributed by atoms with E-state index in [9.17, 15) is 18.5 Å². The van der Waals surface area contributed by atoms with Gasteiger partial charge in [-0.15, -0.1) is 0 Å². The number of benzene rings is 2. The van der Waals surface area contributed by atoms with Crippen LogP contribution in [0.2, 0.25) is 0 Å². The van der Waals surface area contributed by atoms with E-state index in [-0.39, 0.29) is 22.2 Å². The summed E-state index contributed by atoms with van der Waals surface area (Å²) >= 11 is 0. The highest BCUT2D eigenvalue weighted by atomic mass is 32.2. The first-order valence-corrected chi connectivity index (χ1v) is 11.0. The lowest BCUT2D eigenvalue weighted by Crippen LogP contribution is -2.30. The molecule has 0 atom stereocenters. The number of sulfonamides is 1. The maximum atomic E-state index is 12.6. The lowest BCUT2D eigenvalue weighted by atomic mass is 10.3. The molecular weight excluding hydrogens is 420 g/mol. The molecule has 10 nitrogen and oxygen atoms in total. The highest BCUT2D eigenvalue weighted by molar-refractivity contribution is 7.89. The molecule has 0 aliphatic carbocycles. The van der Waals surface area contributed by atoms with Crippen molar-refractivity contribution in [2.75, 3.05) is 23.7 Å². The molecule has 0 aliphatic rings. The minimum absolute atomic E-state index is 0.0159. The van der Waals surface area contributed by atoms with Crippen LogP contribution in [0.15, 0.2) is 65.8 Å². The monoisotopic (exact) mass is 442 g/mol. The summed E-state index contributed by atoms with van der Waals surface area (Å²) in [5.41, 5.74) is 0.762. The van der Waals surface area contributed by atoms with Crippen LogP contribution in [0, 0.1) is 10.1 Å². The van der Waals surface area contributed by atoms with Gasteiger partial charge in [-0.3, -0.25) is 10.1 Å². The van der Waals surface area contributed by atoms with E-state index in [0.717, 1.165) is 0 Å². The highest BCUT2D eigenvalue weighted by Crippen LogP contribution is 2.33. The minimum Gasteiger partial charge on any atom is -0.334 e. The Morgan fingerprint density at radius 3 is 1.90 bits per heavy atom. The first-order chi connectivity index (χ1) is 14.9. The topological polar surface area (TPSA) is 130 Å². The van der Waals surface area contributed by atoms with Crippen molar-refractivity contribution in [3.05, 3.63) is 71.0 Å². The number of para-hydroxylation sites is 1. The van der Waals surface area contributed by atoms with Crippen LogP contribution in [0.4, 0.5) is 28.7 Å². The van der Waals surface area contributed by atoms with E-state index in [0.29, 0.717) is 24.5 Å². The van der Waals surface area contributed by atoms with Crippen LogP contribution < -0.4 is 10.6 Å². The number of hydrogen-bond acceptors (Lipinski definition) is 8. The Morgan fingerprint density at radius 2 is 1.42 bits per heavy atom. The Labute approximate surface area is 180 Å². The second kappa shape index (κ2) is 9.49. The summed E-state index contributed by atoms with van der Waals surface area (Å²) in [5.74, 6) is 0.0206. The number of nitrogens with one attached hydrogen (secondary N) is 2.